The summed E-state index contributed by atoms with van der Waals surface area (Å²) in [7, 11) is 1.68. The average Bonchev–Trinajstić information content (AvgIpc) is 2.35. The summed E-state index contributed by atoms with van der Waals surface area (Å²) in [5.41, 5.74) is 1.25. The van der Waals surface area contributed by atoms with E-state index in [4.69, 9.17) is 4.74 Å². The Hall–Kier alpha value is -0.0600. The smallest absolute Gasteiger partial charge is 0.147 e. The number of ether oxygens (including phenoxy) is 1. The number of hydrogen-bond acceptors (Lipinski definition) is 2. The molecule has 0 heterocycles. The molecule has 0 aliphatic carbocycles. The van der Waals surface area contributed by atoms with Gasteiger partial charge in [-0.05, 0) is 68.8 Å². The van der Waals surface area contributed by atoms with Gasteiger partial charge in [-0.15, -0.1) is 0 Å². The number of halogens is 2. The zero-order valence-corrected chi connectivity index (χ0v) is 16.0. The lowest BCUT2D eigenvalue weighted by atomic mass is 10.0. The summed E-state index contributed by atoms with van der Waals surface area (Å²) in [4.78, 5) is 0. The topological polar surface area (TPSA) is 21.3 Å². The number of rotatable bonds is 8. The van der Waals surface area contributed by atoms with Gasteiger partial charge in [-0.3, -0.25) is 0 Å². The number of nitrogens with one attached hydrogen (secondary N) is 1. The lowest BCUT2D eigenvalue weighted by Crippen LogP contribution is -2.25. The first kappa shape index (κ1) is 18.0. The van der Waals surface area contributed by atoms with Crippen molar-refractivity contribution in [2.75, 3.05) is 7.11 Å². The molecule has 0 aromatic heterocycles. The van der Waals surface area contributed by atoms with Crippen LogP contribution in [-0.4, -0.2) is 13.2 Å². The van der Waals surface area contributed by atoms with E-state index < -0.39 is 0 Å². The fourth-order valence-corrected chi connectivity index (χ4v) is 3.74. The van der Waals surface area contributed by atoms with Crippen LogP contribution in [0.15, 0.2) is 21.1 Å². The van der Waals surface area contributed by atoms with Crippen LogP contribution in [0.1, 0.15) is 45.6 Å². The minimum absolute atomic E-state index is 0.549. The zero-order chi connectivity index (χ0) is 15.1. The zero-order valence-electron chi connectivity index (χ0n) is 12.8. The van der Waals surface area contributed by atoms with Crippen molar-refractivity contribution in [3.8, 4) is 5.75 Å². The molecule has 0 bridgehead atoms. The second-order valence-corrected chi connectivity index (χ2v) is 7.41. The summed E-state index contributed by atoms with van der Waals surface area (Å²) < 4.78 is 7.29. The third-order valence-electron chi connectivity index (χ3n) is 3.34. The molecule has 0 radical (unpaired) electrons. The van der Waals surface area contributed by atoms with Gasteiger partial charge < -0.3 is 10.1 Å². The molecule has 2 nitrogen and oxygen atoms in total. The van der Waals surface area contributed by atoms with Crippen LogP contribution in [0.4, 0.5) is 0 Å². The summed E-state index contributed by atoms with van der Waals surface area (Å²) in [6.45, 7) is 7.70. The van der Waals surface area contributed by atoms with Crippen LogP contribution >= 0.6 is 31.9 Å². The molecule has 0 spiro atoms. The lowest BCUT2D eigenvalue weighted by Gasteiger charge is -2.15. The average molecular weight is 407 g/mol. The largest absolute Gasteiger partial charge is 0.494 e. The molecule has 20 heavy (non-hydrogen) atoms. The molecule has 114 valence electrons. The van der Waals surface area contributed by atoms with Gasteiger partial charge in [0.2, 0.25) is 0 Å². The lowest BCUT2D eigenvalue weighted by molar-refractivity contribution is 0.409. The van der Waals surface area contributed by atoms with Crippen molar-refractivity contribution in [1.29, 1.82) is 0 Å². The number of methoxy groups -OCH3 is 1. The predicted molar refractivity (Wildman–Crippen MR) is 93.4 cm³/mol. The fraction of sp³-hybridized carbons (Fsp3) is 0.625. The van der Waals surface area contributed by atoms with E-state index in [1.165, 1.54) is 24.8 Å². The van der Waals surface area contributed by atoms with Gasteiger partial charge in [0.05, 0.1) is 16.1 Å². The molecule has 0 amide bonds. The molecule has 1 aromatic carbocycles. The van der Waals surface area contributed by atoms with Crippen LogP contribution in [0.2, 0.25) is 0 Å². The minimum Gasteiger partial charge on any atom is -0.494 e. The number of benzene rings is 1. The van der Waals surface area contributed by atoms with E-state index >= 15 is 0 Å². The highest BCUT2D eigenvalue weighted by molar-refractivity contribution is 9.11. The highest BCUT2D eigenvalue weighted by atomic mass is 79.9. The predicted octanol–water partition coefficient (Wildman–Crippen LogP) is 5.52. The van der Waals surface area contributed by atoms with Crippen molar-refractivity contribution in [2.45, 2.75) is 52.6 Å². The maximum Gasteiger partial charge on any atom is 0.147 e. The van der Waals surface area contributed by atoms with Crippen molar-refractivity contribution < 1.29 is 4.74 Å². The van der Waals surface area contributed by atoms with E-state index in [0.717, 1.165) is 27.2 Å². The van der Waals surface area contributed by atoms with Gasteiger partial charge >= 0.3 is 0 Å². The molecule has 0 aliphatic heterocycles. The molecular formula is C16H25Br2NO. The summed E-state index contributed by atoms with van der Waals surface area (Å²) >= 11 is 7.08. The van der Waals surface area contributed by atoms with Crippen LogP contribution in [0, 0.1) is 5.92 Å². The molecule has 1 N–H and O–H groups in total. The van der Waals surface area contributed by atoms with Crippen LogP contribution < -0.4 is 10.1 Å². The van der Waals surface area contributed by atoms with E-state index in [1.54, 1.807) is 7.11 Å². The van der Waals surface area contributed by atoms with E-state index in [-0.39, 0.29) is 0 Å². The van der Waals surface area contributed by atoms with E-state index in [9.17, 15) is 0 Å². The van der Waals surface area contributed by atoms with Gasteiger partial charge in [0, 0.05) is 12.6 Å². The monoisotopic (exact) mass is 405 g/mol. The molecule has 0 saturated heterocycles. The van der Waals surface area contributed by atoms with Gasteiger partial charge in [0.15, 0.2) is 0 Å². The van der Waals surface area contributed by atoms with Gasteiger partial charge in [-0.2, -0.15) is 0 Å². The summed E-state index contributed by atoms with van der Waals surface area (Å²) in [5, 5.41) is 3.58. The van der Waals surface area contributed by atoms with E-state index in [1.807, 2.05) is 0 Å². The van der Waals surface area contributed by atoms with Gasteiger partial charge in [-0.25, -0.2) is 0 Å². The molecule has 0 saturated carbocycles. The van der Waals surface area contributed by atoms with Crippen molar-refractivity contribution in [3.63, 3.8) is 0 Å². The summed E-state index contributed by atoms with van der Waals surface area (Å²) in [6.07, 6.45) is 3.84. The summed E-state index contributed by atoms with van der Waals surface area (Å²) in [5.74, 6) is 1.65. The van der Waals surface area contributed by atoms with Crippen molar-refractivity contribution in [3.05, 3.63) is 26.6 Å². The maximum absolute atomic E-state index is 5.32. The molecule has 1 aromatic rings. The Balaban J connectivity index is 2.45. The van der Waals surface area contributed by atoms with E-state index in [0.29, 0.717) is 6.04 Å². The Morgan fingerprint density at radius 1 is 1.10 bits per heavy atom. The van der Waals surface area contributed by atoms with Crippen molar-refractivity contribution >= 4 is 31.9 Å². The highest BCUT2D eigenvalue weighted by Gasteiger charge is 2.09. The first-order valence-electron chi connectivity index (χ1n) is 7.19. The normalized spacial score (nSPS) is 12.8. The highest BCUT2D eigenvalue weighted by Crippen LogP contribution is 2.34. The standard InChI is InChI=1S/C16H25Br2NO/c1-11(2)6-5-7-12(3)19-10-13-8-14(17)16(20-4)15(18)9-13/h8-9,11-12,19H,5-7,10H2,1-4H3. The molecular weight excluding hydrogens is 382 g/mol. The molecule has 1 atom stereocenters. The molecule has 4 heteroatoms. The van der Waals surface area contributed by atoms with Gasteiger partial charge in [0.25, 0.3) is 0 Å². The van der Waals surface area contributed by atoms with Crippen LogP contribution in [-0.2, 0) is 6.54 Å². The Labute approximate surface area is 139 Å². The SMILES string of the molecule is COc1c(Br)cc(CNC(C)CCCC(C)C)cc1Br. The molecule has 1 rings (SSSR count). The third-order valence-corrected chi connectivity index (χ3v) is 4.51. The van der Waals surface area contributed by atoms with Gasteiger partial charge in [-0.1, -0.05) is 26.7 Å². The third kappa shape index (κ3) is 6.15. The van der Waals surface area contributed by atoms with Crippen molar-refractivity contribution in [2.24, 2.45) is 5.92 Å². The fourth-order valence-electron chi connectivity index (χ4n) is 2.14. The van der Waals surface area contributed by atoms with E-state index in [2.05, 4.69) is 70.1 Å². The minimum atomic E-state index is 0.549. The Bertz CT molecular complexity index is 398. The quantitative estimate of drug-likeness (QED) is 0.613. The van der Waals surface area contributed by atoms with Crippen LogP contribution in [0.3, 0.4) is 0 Å². The second-order valence-electron chi connectivity index (χ2n) is 5.70. The maximum atomic E-state index is 5.32. The number of hydrogen-bond donors (Lipinski definition) is 1. The Morgan fingerprint density at radius 2 is 1.70 bits per heavy atom. The van der Waals surface area contributed by atoms with Crippen LogP contribution in [0.25, 0.3) is 0 Å². The molecule has 1 unspecified atom stereocenters. The molecule has 0 aliphatic rings. The second kappa shape index (κ2) is 9.06. The first-order chi connectivity index (χ1) is 9.43. The summed E-state index contributed by atoms with van der Waals surface area (Å²) in [6, 6.07) is 4.77. The Kier molecular flexibility index (Phi) is 8.15. The Morgan fingerprint density at radius 3 is 2.20 bits per heavy atom. The van der Waals surface area contributed by atoms with Crippen molar-refractivity contribution in [1.82, 2.24) is 5.32 Å². The van der Waals surface area contributed by atoms with Gasteiger partial charge in [0.1, 0.15) is 5.75 Å². The molecule has 0 fully saturated rings. The first-order valence-corrected chi connectivity index (χ1v) is 8.78. The van der Waals surface area contributed by atoms with Crippen LogP contribution in [0.5, 0.6) is 5.75 Å².